The molecule has 1 fully saturated rings. The van der Waals surface area contributed by atoms with Crippen molar-refractivity contribution in [3.05, 3.63) is 59.7 Å². The fourth-order valence-corrected chi connectivity index (χ4v) is 3.74. The summed E-state index contributed by atoms with van der Waals surface area (Å²) < 4.78 is 0. The highest BCUT2D eigenvalue weighted by atomic mass is 16.2. The molecule has 2 heterocycles. The van der Waals surface area contributed by atoms with Crippen molar-refractivity contribution in [2.75, 3.05) is 23.8 Å². The SMILES string of the molecule is CN1c2cc(C(=O)Nc3ccccc3)ccc2C(=O)N2CCCCC21. The van der Waals surface area contributed by atoms with E-state index in [1.807, 2.05) is 48.3 Å². The van der Waals surface area contributed by atoms with Gasteiger partial charge < -0.3 is 15.1 Å². The van der Waals surface area contributed by atoms with Crippen molar-refractivity contribution in [1.82, 2.24) is 4.90 Å². The summed E-state index contributed by atoms with van der Waals surface area (Å²) in [7, 11) is 2.01. The third-order valence-corrected chi connectivity index (χ3v) is 5.08. The lowest BCUT2D eigenvalue weighted by atomic mass is 9.97. The van der Waals surface area contributed by atoms with Crippen LogP contribution in [0.4, 0.5) is 11.4 Å². The van der Waals surface area contributed by atoms with Crippen molar-refractivity contribution < 1.29 is 9.59 Å². The number of amides is 2. The van der Waals surface area contributed by atoms with Crippen LogP contribution in [0, 0.1) is 0 Å². The topological polar surface area (TPSA) is 52.7 Å². The monoisotopic (exact) mass is 335 g/mol. The van der Waals surface area contributed by atoms with E-state index < -0.39 is 0 Å². The van der Waals surface area contributed by atoms with Crippen LogP contribution in [-0.4, -0.2) is 36.5 Å². The number of rotatable bonds is 2. The molecular weight excluding hydrogens is 314 g/mol. The zero-order valence-electron chi connectivity index (χ0n) is 14.2. The van der Waals surface area contributed by atoms with Crippen LogP contribution in [0.5, 0.6) is 0 Å². The molecule has 5 heteroatoms. The molecule has 2 aliphatic heterocycles. The van der Waals surface area contributed by atoms with Gasteiger partial charge in [0.1, 0.15) is 6.17 Å². The fourth-order valence-electron chi connectivity index (χ4n) is 3.74. The highest BCUT2D eigenvalue weighted by molar-refractivity contribution is 6.08. The molecule has 2 amide bonds. The van der Waals surface area contributed by atoms with Gasteiger partial charge in [0.15, 0.2) is 0 Å². The summed E-state index contributed by atoms with van der Waals surface area (Å²) in [5.41, 5.74) is 2.84. The zero-order valence-corrected chi connectivity index (χ0v) is 14.2. The first-order valence-electron chi connectivity index (χ1n) is 8.69. The Bertz CT molecular complexity index is 819. The molecule has 0 aliphatic carbocycles. The molecule has 25 heavy (non-hydrogen) atoms. The van der Waals surface area contributed by atoms with E-state index in [1.165, 1.54) is 0 Å². The Morgan fingerprint density at radius 2 is 1.92 bits per heavy atom. The number of hydrogen-bond acceptors (Lipinski definition) is 3. The van der Waals surface area contributed by atoms with E-state index in [0.717, 1.165) is 37.2 Å². The predicted octanol–water partition coefficient (Wildman–Crippen LogP) is 3.34. The maximum atomic E-state index is 12.8. The number of nitrogens with zero attached hydrogens (tertiary/aromatic N) is 2. The molecule has 4 rings (SSSR count). The Morgan fingerprint density at radius 1 is 1.12 bits per heavy atom. The summed E-state index contributed by atoms with van der Waals surface area (Å²) in [4.78, 5) is 29.4. The number of nitrogens with one attached hydrogen (secondary N) is 1. The molecule has 1 saturated heterocycles. The summed E-state index contributed by atoms with van der Waals surface area (Å²) >= 11 is 0. The molecule has 128 valence electrons. The molecule has 2 aromatic carbocycles. The maximum absolute atomic E-state index is 12.8. The number of anilines is 2. The number of hydrogen-bond donors (Lipinski definition) is 1. The Hall–Kier alpha value is -2.82. The molecule has 1 unspecified atom stereocenters. The van der Waals surface area contributed by atoms with Gasteiger partial charge in [-0.2, -0.15) is 0 Å². The van der Waals surface area contributed by atoms with E-state index >= 15 is 0 Å². The van der Waals surface area contributed by atoms with E-state index in [9.17, 15) is 9.59 Å². The van der Waals surface area contributed by atoms with Crippen LogP contribution in [0.1, 0.15) is 40.0 Å². The van der Waals surface area contributed by atoms with Crippen LogP contribution in [0.2, 0.25) is 0 Å². The maximum Gasteiger partial charge on any atom is 0.257 e. The van der Waals surface area contributed by atoms with Crippen molar-refractivity contribution in [2.45, 2.75) is 25.4 Å². The summed E-state index contributed by atoms with van der Waals surface area (Å²) in [5.74, 6) is -0.0891. The number of carbonyl (C=O) groups excluding carboxylic acids is 2. The molecule has 0 saturated carbocycles. The van der Waals surface area contributed by atoms with Crippen molar-refractivity contribution in [2.24, 2.45) is 0 Å². The second-order valence-corrected chi connectivity index (χ2v) is 6.64. The number of benzene rings is 2. The smallest absolute Gasteiger partial charge is 0.257 e. The minimum atomic E-state index is -0.166. The first-order chi connectivity index (χ1) is 12.1. The molecule has 0 spiro atoms. The van der Waals surface area contributed by atoms with E-state index in [0.29, 0.717) is 11.1 Å². The third kappa shape index (κ3) is 2.76. The van der Waals surface area contributed by atoms with Gasteiger partial charge in [-0.1, -0.05) is 18.2 Å². The number of fused-ring (bicyclic) bond motifs is 2. The molecule has 1 N–H and O–H groups in total. The number of para-hydroxylation sites is 1. The van der Waals surface area contributed by atoms with E-state index in [4.69, 9.17) is 0 Å². The Kier molecular flexibility index (Phi) is 3.92. The van der Waals surface area contributed by atoms with Gasteiger partial charge in [-0.15, -0.1) is 0 Å². The summed E-state index contributed by atoms with van der Waals surface area (Å²) in [6.07, 6.45) is 3.26. The van der Waals surface area contributed by atoms with Crippen molar-refractivity contribution in [3.8, 4) is 0 Å². The van der Waals surface area contributed by atoms with Gasteiger partial charge in [-0.3, -0.25) is 9.59 Å². The average Bonchev–Trinajstić information content (AvgIpc) is 2.66. The van der Waals surface area contributed by atoms with Crippen LogP contribution >= 0.6 is 0 Å². The van der Waals surface area contributed by atoms with Gasteiger partial charge in [-0.25, -0.2) is 0 Å². The van der Waals surface area contributed by atoms with Gasteiger partial charge in [0.25, 0.3) is 11.8 Å². The molecule has 5 nitrogen and oxygen atoms in total. The molecular formula is C20H21N3O2. The predicted molar refractivity (Wildman–Crippen MR) is 97.9 cm³/mol. The molecule has 0 aromatic heterocycles. The van der Waals surface area contributed by atoms with Gasteiger partial charge in [0.05, 0.1) is 11.3 Å². The summed E-state index contributed by atoms with van der Waals surface area (Å²) in [5, 5.41) is 2.89. The summed E-state index contributed by atoms with van der Waals surface area (Å²) in [6, 6.07) is 14.7. The van der Waals surface area contributed by atoms with Crippen LogP contribution in [0.25, 0.3) is 0 Å². The van der Waals surface area contributed by atoms with Gasteiger partial charge in [-0.05, 0) is 49.6 Å². The van der Waals surface area contributed by atoms with Crippen molar-refractivity contribution in [3.63, 3.8) is 0 Å². The van der Waals surface area contributed by atoms with Crippen LogP contribution in [-0.2, 0) is 0 Å². The standard InChI is InChI=1S/C20H21N3O2/c1-22-17-13-14(19(24)21-15-7-3-2-4-8-15)10-11-16(17)20(25)23-12-6-5-9-18(22)23/h2-4,7-8,10-11,13,18H,5-6,9,12H2,1H3,(H,21,24). The first-order valence-corrected chi connectivity index (χ1v) is 8.69. The van der Waals surface area contributed by atoms with E-state index in [1.54, 1.807) is 12.1 Å². The minimum Gasteiger partial charge on any atom is -0.354 e. The fraction of sp³-hybridized carbons (Fsp3) is 0.300. The van der Waals surface area contributed by atoms with Gasteiger partial charge in [0.2, 0.25) is 0 Å². The lowest BCUT2D eigenvalue weighted by Gasteiger charge is -2.46. The van der Waals surface area contributed by atoms with Crippen LogP contribution in [0.3, 0.4) is 0 Å². The molecule has 1 atom stereocenters. The van der Waals surface area contributed by atoms with Gasteiger partial charge in [0, 0.05) is 24.8 Å². The highest BCUT2D eigenvalue weighted by Gasteiger charge is 2.37. The minimum absolute atomic E-state index is 0.0767. The Balaban J connectivity index is 1.64. The quantitative estimate of drug-likeness (QED) is 0.916. The Labute approximate surface area is 147 Å². The lowest BCUT2D eigenvalue weighted by molar-refractivity contribution is 0.0589. The number of carbonyl (C=O) groups is 2. The average molecular weight is 335 g/mol. The second kappa shape index (κ2) is 6.24. The molecule has 0 bridgehead atoms. The van der Waals surface area contributed by atoms with Crippen molar-refractivity contribution >= 4 is 23.2 Å². The van der Waals surface area contributed by atoms with Crippen molar-refractivity contribution in [1.29, 1.82) is 0 Å². The van der Waals surface area contributed by atoms with Gasteiger partial charge >= 0.3 is 0 Å². The largest absolute Gasteiger partial charge is 0.354 e. The zero-order chi connectivity index (χ0) is 17.4. The number of piperidine rings is 1. The second-order valence-electron chi connectivity index (χ2n) is 6.64. The summed E-state index contributed by atoms with van der Waals surface area (Å²) in [6.45, 7) is 0.809. The first kappa shape index (κ1) is 15.7. The van der Waals surface area contributed by atoms with E-state index in [-0.39, 0.29) is 18.0 Å². The molecule has 2 aliphatic rings. The normalized spacial score (nSPS) is 19.2. The molecule has 2 aromatic rings. The molecule has 0 radical (unpaired) electrons. The van der Waals surface area contributed by atoms with Crippen LogP contribution in [0.15, 0.2) is 48.5 Å². The van der Waals surface area contributed by atoms with E-state index in [2.05, 4.69) is 10.2 Å². The Morgan fingerprint density at radius 3 is 2.72 bits per heavy atom. The van der Waals surface area contributed by atoms with Crippen LogP contribution < -0.4 is 10.2 Å². The third-order valence-electron chi connectivity index (χ3n) is 5.08. The highest BCUT2D eigenvalue weighted by Crippen LogP contribution is 2.34. The lowest BCUT2D eigenvalue weighted by Crippen LogP contribution is -2.55.